The van der Waals surface area contributed by atoms with E-state index < -0.39 is 0 Å². The Morgan fingerprint density at radius 1 is 1.15 bits per heavy atom. The SMILES string of the molecule is COC(=O)c1cc(C)c2nc(N3C[C@H]4CC(OCc5c(-c6c(Cl)cccc6Cl)noc5C5CC5)C[C@H]4C3)sc2c1. The zero-order valence-corrected chi connectivity index (χ0v) is 24.6. The molecule has 10 heteroatoms. The van der Waals surface area contributed by atoms with Crippen LogP contribution in [0, 0.1) is 18.8 Å². The van der Waals surface area contributed by atoms with Gasteiger partial charge in [0.25, 0.3) is 0 Å². The molecule has 1 aliphatic heterocycles. The van der Waals surface area contributed by atoms with E-state index in [0.29, 0.717) is 51.2 Å². The lowest BCUT2D eigenvalue weighted by molar-refractivity contribution is 0.0403. The number of carbonyl (C=O) groups excluding carboxylic acids is 1. The van der Waals surface area contributed by atoms with Crippen LogP contribution in [-0.4, -0.2) is 42.4 Å². The Kier molecular flexibility index (Phi) is 6.77. The molecule has 7 nitrogen and oxygen atoms in total. The summed E-state index contributed by atoms with van der Waals surface area (Å²) in [6.07, 6.45) is 4.44. The molecule has 1 saturated heterocycles. The van der Waals surface area contributed by atoms with Gasteiger partial charge in [-0.05, 0) is 74.3 Å². The highest BCUT2D eigenvalue weighted by atomic mass is 35.5. The number of aromatic nitrogens is 2. The van der Waals surface area contributed by atoms with Gasteiger partial charge in [-0.3, -0.25) is 0 Å². The van der Waals surface area contributed by atoms with Crippen LogP contribution in [-0.2, 0) is 16.1 Å². The van der Waals surface area contributed by atoms with Gasteiger partial charge in [-0.15, -0.1) is 0 Å². The molecule has 0 spiro atoms. The molecule has 3 heterocycles. The normalized spacial score (nSPS) is 22.3. The minimum atomic E-state index is -0.320. The number of aryl methyl sites for hydroxylation is 1. The number of nitrogens with zero attached hydrogens (tertiary/aromatic N) is 3. The molecule has 0 radical (unpaired) electrons. The van der Waals surface area contributed by atoms with Crippen LogP contribution in [0.4, 0.5) is 5.13 Å². The van der Waals surface area contributed by atoms with Crippen LogP contribution < -0.4 is 4.90 Å². The van der Waals surface area contributed by atoms with Gasteiger partial charge in [0, 0.05) is 30.1 Å². The predicted molar refractivity (Wildman–Crippen MR) is 157 cm³/mol. The smallest absolute Gasteiger partial charge is 0.337 e. The molecule has 2 saturated carbocycles. The number of rotatable bonds is 7. The molecule has 0 amide bonds. The van der Waals surface area contributed by atoms with Gasteiger partial charge in [0.15, 0.2) is 5.13 Å². The average Bonchev–Trinajstić information content (AvgIpc) is 3.24. The average molecular weight is 599 g/mol. The number of anilines is 1. The fourth-order valence-electron chi connectivity index (χ4n) is 6.34. The molecule has 2 aromatic carbocycles. The quantitative estimate of drug-likeness (QED) is 0.202. The van der Waals surface area contributed by atoms with E-state index in [4.69, 9.17) is 42.2 Å². The van der Waals surface area contributed by atoms with Gasteiger partial charge in [0.05, 0.1) is 45.6 Å². The van der Waals surface area contributed by atoms with E-state index in [-0.39, 0.29) is 12.1 Å². The molecule has 3 atom stereocenters. The molecular weight excluding hydrogens is 569 g/mol. The van der Waals surface area contributed by atoms with Crippen molar-refractivity contribution in [3.63, 3.8) is 0 Å². The van der Waals surface area contributed by atoms with Crippen molar-refractivity contribution in [1.82, 2.24) is 10.1 Å². The number of carbonyl (C=O) groups is 1. The van der Waals surface area contributed by atoms with Crippen LogP contribution in [0.25, 0.3) is 21.5 Å². The lowest BCUT2D eigenvalue weighted by atomic mass is 10.0. The van der Waals surface area contributed by atoms with E-state index >= 15 is 0 Å². The first-order valence-corrected chi connectivity index (χ1v) is 15.3. The number of hydrogen-bond acceptors (Lipinski definition) is 8. The van der Waals surface area contributed by atoms with Crippen LogP contribution in [0.2, 0.25) is 10.0 Å². The van der Waals surface area contributed by atoms with E-state index in [0.717, 1.165) is 71.0 Å². The largest absolute Gasteiger partial charge is 0.465 e. The van der Waals surface area contributed by atoms with Crippen LogP contribution in [0.1, 0.15) is 58.8 Å². The lowest BCUT2D eigenvalue weighted by Gasteiger charge is -2.19. The van der Waals surface area contributed by atoms with Crippen molar-refractivity contribution in [2.45, 2.75) is 51.2 Å². The van der Waals surface area contributed by atoms with Gasteiger partial charge in [0.1, 0.15) is 11.5 Å². The Hall–Kier alpha value is -2.65. The fourth-order valence-corrected chi connectivity index (χ4v) is 8.02. The molecule has 0 N–H and O–H groups in total. The minimum Gasteiger partial charge on any atom is -0.465 e. The molecular formula is C30H29Cl2N3O4S. The highest BCUT2D eigenvalue weighted by Crippen LogP contribution is 2.47. The summed E-state index contributed by atoms with van der Waals surface area (Å²) < 4.78 is 18.3. The van der Waals surface area contributed by atoms with Crippen molar-refractivity contribution in [3.05, 3.63) is 62.8 Å². The number of thiazole rings is 1. The first-order chi connectivity index (χ1) is 19.4. The third-order valence-corrected chi connectivity index (χ3v) is 10.2. The Morgan fingerprint density at radius 3 is 2.55 bits per heavy atom. The second kappa shape index (κ2) is 10.3. The Labute approximate surface area is 246 Å². The number of methoxy groups -OCH3 is 1. The molecule has 3 aliphatic rings. The number of halogens is 2. The van der Waals surface area contributed by atoms with Gasteiger partial charge in [-0.1, -0.05) is 45.8 Å². The molecule has 2 aliphatic carbocycles. The van der Waals surface area contributed by atoms with Crippen molar-refractivity contribution in [1.29, 1.82) is 0 Å². The first-order valence-electron chi connectivity index (χ1n) is 13.7. The van der Waals surface area contributed by atoms with E-state index in [9.17, 15) is 4.79 Å². The summed E-state index contributed by atoms with van der Waals surface area (Å²) in [6.45, 7) is 4.37. The maximum atomic E-state index is 12.1. The number of ether oxygens (including phenoxy) is 2. The molecule has 2 aromatic heterocycles. The minimum absolute atomic E-state index is 0.189. The third kappa shape index (κ3) is 4.69. The summed E-state index contributed by atoms with van der Waals surface area (Å²) in [5.41, 5.74) is 4.91. The predicted octanol–water partition coefficient (Wildman–Crippen LogP) is 7.66. The monoisotopic (exact) mass is 597 g/mol. The van der Waals surface area contributed by atoms with Crippen molar-refractivity contribution in [2.75, 3.05) is 25.1 Å². The highest BCUT2D eigenvalue weighted by Gasteiger charge is 2.43. The molecule has 1 unspecified atom stereocenters. The number of fused-ring (bicyclic) bond motifs is 2. The summed E-state index contributed by atoms with van der Waals surface area (Å²) in [7, 11) is 1.41. The fraction of sp³-hybridized carbons (Fsp3) is 0.433. The van der Waals surface area contributed by atoms with Gasteiger partial charge in [0.2, 0.25) is 0 Å². The van der Waals surface area contributed by atoms with Gasteiger partial charge >= 0.3 is 5.97 Å². The van der Waals surface area contributed by atoms with Crippen LogP contribution in [0.3, 0.4) is 0 Å². The summed E-state index contributed by atoms with van der Waals surface area (Å²) in [4.78, 5) is 19.4. The zero-order chi connectivity index (χ0) is 27.5. The zero-order valence-electron chi connectivity index (χ0n) is 22.3. The van der Waals surface area contributed by atoms with Gasteiger partial charge in [-0.2, -0.15) is 0 Å². The van der Waals surface area contributed by atoms with Crippen molar-refractivity contribution in [3.8, 4) is 11.3 Å². The first kappa shape index (κ1) is 26.3. The van der Waals surface area contributed by atoms with Crippen LogP contribution in [0.15, 0.2) is 34.9 Å². The maximum Gasteiger partial charge on any atom is 0.337 e. The third-order valence-electron chi connectivity index (χ3n) is 8.50. The van der Waals surface area contributed by atoms with Crippen molar-refractivity contribution >= 4 is 55.9 Å². The Bertz CT molecular complexity index is 1580. The summed E-state index contributed by atoms with van der Waals surface area (Å²) in [6, 6.07) is 9.23. The number of hydrogen-bond donors (Lipinski definition) is 0. The lowest BCUT2D eigenvalue weighted by Crippen LogP contribution is -2.23. The maximum absolute atomic E-state index is 12.1. The molecule has 0 bridgehead atoms. The molecule has 208 valence electrons. The topological polar surface area (TPSA) is 77.7 Å². The second-order valence-corrected chi connectivity index (χ2v) is 13.0. The van der Waals surface area contributed by atoms with E-state index in [1.54, 1.807) is 11.3 Å². The van der Waals surface area contributed by atoms with Gasteiger partial charge < -0.3 is 18.9 Å². The second-order valence-electron chi connectivity index (χ2n) is 11.2. The van der Waals surface area contributed by atoms with Crippen LogP contribution >= 0.6 is 34.5 Å². The summed E-state index contributed by atoms with van der Waals surface area (Å²) >= 11 is 14.7. The molecule has 3 fully saturated rings. The Balaban J connectivity index is 1.04. The van der Waals surface area contributed by atoms with E-state index in [2.05, 4.69) is 10.1 Å². The van der Waals surface area contributed by atoms with Crippen LogP contribution in [0.5, 0.6) is 0 Å². The molecule has 40 heavy (non-hydrogen) atoms. The standard InChI is InChI=1S/C30H29Cl2N3O4S/c1-15-8-17(29(36)37-2)11-24-26(15)33-30(40-24)35-12-18-9-20(10-19(18)13-35)38-14-21-27(34-39-28(21)16-6-7-16)25-22(31)4-3-5-23(25)32/h3-5,8,11,16,18-20H,6-7,9-10,12-14H2,1-2H3/t18-,19+,20?. The number of esters is 1. The van der Waals surface area contributed by atoms with E-state index in [1.807, 2.05) is 37.3 Å². The molecule has 7 rings (SSSR count). The summed E-state index contributed by atoms with van der Waals surface area (Å²) in [5.74, 6) is 2.12. The number of benzene rings is 2. The van der Waals surface area contributed by atoms with Crippen molar-refractivity contribution in [2.24, 2.45) is 11.8 Å². The molecule has 4 aromatic rings. The Morgan fingerprint density at radius 2 is 1.88 bits per heavy atom. The van der Waals surface area contributed by atoms with Crippen molar-refractivity contribution < 1.29 is 18.8 Å². The highest BCUT2D eigenvalue weighted by molar-refractivity contribution is 7.22. The van der Waals surface area contributed by atoms with E-state index in [1.165, 1.54) is 7.11 Å². The van der Waals surface area contributed by atoms with Gasteiger partial charge in [-0.25, -0.2) is 9.78 Å². The summed E-state index contributed by atoms with van der Waals surface area (Å²) in [5, 5.41) is 6.54.